The minimum absolute atomic E-state index is 0.0444. The fraction of sp³-hybridized carbons (Fsp3) is 0.360. The number of aryl methyl sites for hydroxylation is 1. The number of rotatable bonds is 6. The molecule has 1 saturated heterocycles. The van der Waals surface area contributed by atoms with E-state index in [4.69, 9.17) is 0 Å². The van der Waals surface area contributed by atoms with Crippen molar-refractivity contribution in [2.75, 3.05) is 6.54 Å². The third-order valence-electron chi connectivity index (χ3n) is 7.37. The van der Waals surface area contributed by atoms with Crippen molar-refractivity contribution in [3.8, 4) is 0 Å². The highest BCUT2D eigenvalue weighted by molar-refractivity contribution is 6.10. The summed E-state index contributed by atoms with van der Waals surface area (Å²) in [5.41, 5.74) is 1.16. The average Bonchev–Trinajstić information content (AvgIpc) is 3.51. The molecule has 174 valence electrons. The Hall–Kier alpha value is -3.88. The zero-order valence-electron chi connectivity index (χ0n) is 18.5. The highest BCUT2D eigenvalue weighted by Crippen LogP contribution is 2.56. The Labute approximate surface area is 195 Å². The Morgan fingerprint density at radius 2 is 1.47 bits per heavy atom. The van der Waals surface area contributed by atoms with E-state index in [-0.39, 0.29) is 23.1 Å². The van der Waals surface area contributed by atoms with Crippen molar-refractivity contribution in [2.24, 2.45) is 23.7 Å². The molecule has 9 nitrogen and oxygen atoms in total. The van der Waals surface area contributed by atoms with Crippen molar-refractivity contribution in [3.05, 3.63) is 75.3 Å². The maximum Gasteiger partial charge on any atom is 0.273 e. The normalized spacial score (nSPS) is 24.9. The molecule has 34 heavy (non-hydrogen) atoms. The molecular formula is C25H23N3O6. The second-order valence-corrected chi connectivity index (χ2v) is 9.33. The summed E-state index contributed by atoms with van der Waals surface area (Å²) < 4.78 is 0. The van der Waals surface area contributed by atoms with Crippen molar-refractivity contribution >= 4 is 29.2 Å². The summed E-state index contributed by atoms with van der Waals surface area (Å²) in [6, 6.07) is 11.7. The number of ketones is 1. The number of non-ortho nitro benzene ring substituents is 1. The van der Waals surface area contributed by atoms with Crippen LogP contribution in [0.25, 0.3) is 0 Å². The molecule has 5 rings (SSSR count). The maximum absolute atomic E-state index is 13.5. The number of hydrazine groups is 1. The molecule has 3 amide bonds. The highest BCUT2D eigenvalue weighted by Gasteiger charge is 2.62. The number of carbonyl (C=O) groups is 4. The molecule has 0 aromatic heterocycles. The van der Waals surface area contributed by atoms with Crippen LogP contribution >= 0.6 is 0 Å². The third kappa shape index (κ3) is 3.48. The molecule has 2 bridgehead atoms. The van der Waals surface area contributed by atoms with E-state index in [1.54, 1.807) is 24.3 Å². The minimum atomic E-state index is -0.732. The summed E-state index contributed by atoms with van der Waals surface area (Å²) in [5.74, 6) is -2.68. The number of nitro benzene ring substituents is 1. The maximum atomic E-state index is 13.5. The third-order valence-corrected chi connectivity index (χ3v) is 7.37. The second kappa shape index (κ2) is 8.16. The van der Waals surface area contributed by atoms with E-state index in [0.29, 0.717) is 5.56 Å². The lowest BCUT2D eigenvalue weighted by atomic mass is 9.81. The summed E-state index contributed by atoms with van der Waals surface area (Å²) in [6.45, 7) is 1.39. The number of imide groups is 1. The van der Waals surface area contributed by atoms with Gasteiger partial charge >= 0.3 is 0 Å². The van der Waals surface area contributed by atoms with E-state index >= 15 is 0 Å². The lowest BCUT2D eigenvalue weighted by Crippen LogP contribution is -2.52. The average molecular weight is 461 g/mol. The first-order chi connectivity index (χ1) is 16.3. The molecule has 2 saturated carbocycles. The topological polar surface area (TPSA) is 118 Å². The smallest absolute Gasteiger partial charge is 0.273 e. The predicted molar refractivity (Wildman–Crippen MR) is 119 cm³/mol. The summed E-state index contributed by atoms with van der Waals surface area (Å²) in [4.78, 5) is 63.7. The number of hydrogen-bond acceptors (Lipinski definition) is 6. The van der Waals surface area contributed by atoms with Crippen molar-refractivity contribution in [1.82, 2.24) is 10.0 Å². The van der Waals surface area contributed by atoms with Crippen LogP contribution in [-0.2, 0) is 9.59 Å². The Bertz CT molecular complexity index is 1180. The van der Waals surface area contributed by atoms with Crippen molar-refractivity contribution < 1.29 is 24.1 Å². The molecule has 0 radical (unpaired) electrons. The van der Waals surface area contributed by atoms with Crippen LogP contribution in [0, 0.1) is 40.7 Å². The molecule has 1 heterocycles. The van der Waals surface area contributed by atoms with Gasteiger partial charge in [0.15, 0.2) is 5.78 Å². The molecular weight excluding hydrogens is 438 g/mol. The summed E-state index contributed by atoms with van der Waals surface area (Å²) in [5, 5.41) is 12.8. The highest BCUT2D eigenvalue weighted by atomic mass is 16.6. The Morgan fingerprint density at radius 3 is 2.00 bits per heavy atom. The second-order valence-electron chi connectivity index (χ2n) is 9.33. The molecule has 3 aliphatic rings. The van der Waals surface area contributed by atoms with Gasteiger partial charge in [-0.2, -0.15) is 5.01 Å². The van der Waals surface area contributed by atoms with Crippen LogP contribution in [0.1, 0.15) is 45.5 Å². The van der Waals surface area contributed by atoms with Crippen LogP contribution in [0.4, 0.5) is 5.69 Å². The quantitative estimate of drug-likeness (QED) is 0.282. The van der Waals surface area contributed by atoms with E-state index < -0.39 is 46.8 Å². The number of amides is 3. The van der Waals surface area contributed by atoms with Gasteiger partial charge in [-0.3, -0.25) is 29.3 Å². The molecule has 9 heteroatoms. The van der Waals surface area contributed by atoms with Gasteiger partial charge in [-0.15, -0.1) is 0 Å². The Kier molecular flexibility index (Phi) is 5.27. The first-order valence-electron chi connectivity index (χ1n) is 11.3. The zero-order chi connectivity index (χ0) is 24.1. The molecule has 0 unspecified atom stereocenters. The van der Waals surface area contributed by atoms with Gasteiger partial charge in [0, 0.05) is 23.3 Å². The minimum Gasteiger partial charge on any atom is -0.292 e. The summed E-state index contributed by atoms with van der Waals surface area (Å²) in [6.07, 6.45) is 2.62. The van der Waals surface area contributed by atoms with E-state index in [1.165, 1.54) is 24.3 Å². The summed E-state index contributed by atoms with van der Waals surface area (Å²) >= 11 is 0. The first kappa shape index (κ1) is 21.9. The van der Waals surface area contributed by atoms with Gasteiger partial charge in [-0.25, -0.2) is 5.01 Å². The zero-order valence-corrected chi connectivity index (χ0v) is 18.5. The van der Waals surface area contributed by atoms with E-state index in [9.17, 15) is 29.3 Å². The van der Waals surface area contributed by atoms with E-state index in [2.05, 4.69) is 0 Å². The molecule has 1 aliphatic heterocycles. The number of hydrogen-bond donors (Lipinski definition) is 0. The number of nitro groups is 1. The Morgan fingerprint density at radius 1 is 0.941 bits per heavy atom. The lowest BCUT2D eigenvalue weighted by Gasteiger charge is -2.30. The number of Topliss-reactive ketones (excluding diaryl/α,β-unsaturated/α-hetero) is 1. The molecule has 0 N–H and O–H groups in total. The van der Waals surface area contributed by atoms with Gasteiger partial charge in [0.2, 0.25) is 0 Å². The largest absolute Gasteiger partial charge is 0.292 e. The van der Waals surface area contributed by atoms with E-state index in [0.717, 1.165) is 34.8 Å². The number of fused-ring (bicyclic) bond motifs is 5. The van der Waals surface area contributed by atoms with Gasteiger partial charge in [0.25, 0.3) is 23.4 Å². The SMILES string of the molecule is Cc1ccc(C(=O)CN(C(=O)c2ccc([N+](=O)[O-])cc2)N2C(=O)[C@@H]3[C@H]4CC[C@@H](C4)[C@H]3C2=O)cc1. The van der Waals surface area contributed by atoms with Gasteiger partial charge in [-0.1, -0.05) is 29.8 Å². The fourth-order valence-corrected chi connectivity index (χ4v) is 5.71. The lowest BCUT2D eigenvalue weighted by molar-refractivity contribution is -0.384. The number of nitrogens with zero attached hydrogens (tertiary/aromatic N) is 3. The van der Waals surface area contributed by atoms with Crippen molar-refractivity contribution in [3.63, 3.8) is 0 Å². The van der Waals surface area contributed by atoms with Crippen LogP contribution < -0.4 is 0 Å². The van der Waals surface area contributed by atoms with Crippen molar-refractivity contribution in [1.29, 1.82) is 0 Å². The van der Waals surface area contributed by atoms with Crippen LogP contribution in [0.15, 0.2) is 48.5 Å². The molecule has 2 aliphatic carbocycles. The van der Waals surface area contributed by atoms with Crippen LogP contribution in [0.3, 0.4) is 0 Å². The molecule has 2 aromatic carbocycles. The number of benzene rings is 2. The molecule has 2 aromatic rings. The molecule has 4 atom stereocenters. The molecule has 0 spiro atoms. The van der Waals surface area contributed by atoms with Gasteiger partial charge < -0.3 is 0 Å². The van der Waals surface area contributed by atoms with Crippen LogP contribution in [-0.4, -0.2) is 45.0 Å². The van der Waals surface area contributed by atoms with Crippen LogP contribution in [0.5, 0.6) is 0 Å². The van der Waals surface area contributed by atoms with Gasteiger partial charge in [0.05, 0.1) is 16.8 Å². The first-order valence-corrected chi connectivity index (χ1v) is 11.3. The predicted octanol–water partition coefficient (Wildman–Crippen LogP) is 3.17. The standard InChI is InChI=1S/C25H23N3O6/c1-14-2-4-15(5-3-14)20(29)13-26(23(30)16-8-10-19(11-9-16)28(33)34)27-24(31)21-17-6-7-18(12-17)22(21)25(27)32/h2-5,8-11,17-18,21-22H,6-7,12-13H2,1H3/t17-,18-,21+,22+/m0/s1. The number of carbonyl (C=O) groups excluding carboxylic acids is 4. The van der Waals surface area contributed by atoms with Gasteiger partial charge in [-0.05, 0) is 50.2 Å². The van der Waals surface area contributed by atoms with E-state index in [1.807, 2.05) is 6.92 Å². The van der Waals surface area contributed by atoms with Gasteiger partial charge in [0.1, 0.15) is 6.54 Å². The Balaban J connectivity index is 1.49. The fourth-order valence-electron chi connectivity index (χ4n) is 5.71. The van der Waals surface area contributed by atoms with Crippen LogP contribution in [0.2, 0.25) is 0 Å². The molecule has 3 fully saturated rings. The summed E-state index contributed by atoms with van der Waals surface area (Å²) in [7, 11) is 0. The monoisotopic (exact) mass is 461 g/mol. The van der Waals surface area contributed by atoms with Crippen molar-refractivity contribution in [2.45, 2.75) is 26.2 Å².